The number of para-hydroxylation sites is 1. The monoisotopic (exact) mass is 408 g/mol. The highest BCUT2D eigenvalue weighted by atomic mass is 16.6. The maximum absolute atomic E-state index is 12.6. The van der Waals surface area contributed by atoms with Crippen molar-refractivity contribution in [3.8, 4) is 5.75 Å². The Hall–Kier alpha value is -2.82. The highest BCUT2D eigenvalue weighted by molar-refractivity contribution is 5.93. The largest absolute Gasteiger partial charge is 0.419 e. The fourth-order valence-corrected chi connectivity index (χ4v) is 4.00. The van der Waals surface area contributed by atoms with Crippen LogP contribution in [0.5, 0.6) is 5.75 Å². The first-order valence-corrected chi connectivity index (χ1v) is 10.7. The van der Waals surface area contributed by atoms with E-state index in [1.165, 1.54) is 4.90 Å². The number of rotatable bonds is 4. The summed E-state index contributed by atoms with van der Waals surface area (Å²) in [7, 11) is 1.67. The van der Waals surface area contributed by atoms with Crippen LogP contribution in [-0.4, -0.2) is 19.0 Å². The smallest absolute Gasteiger partial charge is 0.410 e. The second kappa shape index (κ2) is 9.33. The van der Waals surface area contributed by atoms with Crippen LogP contribution in [-0.2, 0) is 4.79 Å². The third kappa shape index (κ3) is 5.62. The van der Waals surface area contributed by atoms with Crippen LogP contribution in [0.25, 0.3) is 0 Å². The Labute approximate surface area is 179 Å². The molecule has 0 spiro atoms. The van der Waals surface area contributed by atoms with Crippen molar-refractivity contribution in [2.45, 2.75) is 46.5 Å². The summed E-state index contributed by atoms with van der Waals surface area (Å²) in [5, 5.41) is 3.00. The van der Waals surface area contributed by atoms with Crippen molar-refractivity contribution in [1.29, 1.82) is 0 Å². The fraction of sp³-hybridized carbons (Fsp3) is 0.440. The molecule has 0 bridgehead atoms. The van der Waals surface area contributed by atoms with E-state index in [2.05, 4.69) is 26.1 Å². The van der Waals surface area contributed by atoms with Gasteiger partial charge in [-0.3, -0.25) is 9.69 Å². The molecule has 0 atom stereocenters. The standard InChI is InChI=1S/C25H32N2O3/c1-25(2,3)19-12-10-18(11-13-19)23(28)26-20-14-16-22(17-15-20)30-24(29)27(4)21-8-6-5-7-9-21/h5-9,14-19H,10-13H2,1-4H3,(H,26,28)/t18-,19+. The number of carbonyl (C=O) groups is 2. The molecule has 2 amide bonds. The van der Waals surface area contributed by atoms with Crippen LogP contribution < -0.4 is 15.0 Å². The number of anilines is 2. The first-order valence-electron chi connectivity index (χ1n) is 10.7. The summed E-state index contributed by atoms with van der Waals surface area (Å²) in [6.07, 6.45) is 3.62. The number of benzene rings is 2. The van der Waals surface area contributed by atoms with Crippen LogP contribution in [0.3, 0.4) is 0 Å². The molecule has 5 nitrogen and oxygen atoms in total. The summed E-state index contributed by atoms with van der Waals surface area (Å²) < 4.78 is 5.42. The van der Waals surface area contributed by atoms with Gasteiger partial charge in [0.25, 0.3) is 0 Å². The van der Waals surface area contributed by atoms with E-state index in [9.17, 15) is 9.59 Å². The summed E-state index contributed by atoms with van der Waals surface area (Å²) in [5.74, 6) is 1.27. The lowest BCUT2D eigenvalue weighted by Crippen LogP contribution is -2.31. The number of ether oxygens (including phenoxy) is 1. The molecule has 0 heterocycles. The van der Waals surface area contributed by atoms with Crippen LogP contribution in [0, 0.1) is 17.3 Å². The van der Waals surface area contributed by atoms with Gasteiger partial charge in [-0.2, -0.15) is 0 Å². The molecule has 1 fully saturated rings. The van der Waals surface area contributed by atoms with Crippen LogP contribution >= 0.6 is 0 Å². The van der Waals surface area contributed by atoms with Crippen LogP contribution in [0.15, 0.2) is 54.6 Å². The third-order valence-electron chi connectivity index (χ3n) is 6.07. The van der Waals surface area contributed by atoms with E-state index in [-0.39, 0.29) is 11.8 Å². The lowest BCUT2D eigenvalue weighted by atomic mass is 9.69. The first-order chi connectivity index (χ1) is 14.2. The Kier molecular flexibility index (Phi) is 6.80. The van der Waals surface area contributed by atoms with Crippen molar-refractivity contribution in [1.82, 2.24) is 0 Å². The summed E-state index contributed by atoms with van der Waals surface area (Å²) in [6, 6.07) is 16.2. The van der Waals surface area contributed by atoms with Crippen LogP contribution in [0.4, 0.5) is 16.2 Å². The van der Waals surface area contributed by atoms with Gasteiger partial charge in [-0.1, -0.05) is 39.0 Å². The van der Waals surface area contributed by atoms with Gasteiger partial charge in [0, 0.05) is 24.3 Å². The number of nitrogens with one attached hydrogen (secondary N) is 1. The zero-order valence-electron chi connectivity index (χ0n) is 18.4. The minimum Gasteiger partial charge on any atom is -0.410 e. The highest BCUT2D eigenvalue weighted by Crippen LogP contribution is 2.40. The summed E-state index contributed by atoms with van der Waals surface area (Å²) in [5.41, 5.74) is 1.78. The molecular formula is C25H32N2O3. The lowest BCUT2D eigenvalue weighted by molar-refractivity contribution is -0.121. The molecule has 0 saturated heterocycles. The Balaban J connectivity index is 1.51. The minimum atomic E-state index is -0.464. The summed E-state index contributed by atoms with van der Waals surface area (Å²) >= 11 is 0. The van der Waals surface area contributed by atoms with Gasteiger partial charge >= 0.3 is 6.09 Å². The van der Waals surface area contributed by atoms with Crippen molar-refractivity contribution >= 4 is 23.4 Å². The van der Waals surface area contributed by atoms with Gasteiger partial charge in [0.2, 0.25) is 5.91 Å². The lowest BCUT2D eigenvalue weighted by Gasteiger charge is -2.36. The Morgan fingerprint density at radius 2 is 1.53 bits per heavy atom. The molecule has 1 saturated carbocycles. The molecule has 3 rings (SSSR count). The zero-order chi connectivity index (χ0) is 21.7. The molecule has 30 heavy (non-hydrogen) atoms. The minimum absolute atomic E-state index is 0.0700. The van der Waals surface area contributed by atoms with E-state index in [1.54, 1.807) is 31.3 Å². The van der Waals surface area contributed by atoms with Crippen molar-refractivity contribution in [3.05, 3.63) is 54.6 Å². The van der Waals surface area contributed by atoms with E-state index in [0.29, 0.717) is 22.8 Å². The quantitative estimate of drug-likeness (QED) is 0.664. The molecule has 1 aliphatic carbocycles. The number of nitrogens with zero attached hydrogens (tertiary/aromatic N) is 1. The average Bonchev–Trinajstić information content (AvgIpc) is 2.74. The van der Waals surface area contributed by atoms with E-state index in [4.69, 9.17) is 4.74 Å². The first kappa shape index (κ1) is 21.9. The Bertz CT molecular complexity index is 848. The molecule has 0 aromatic heterocycles. The average molecular weight is 409 g/mol. The number of hydrogen-bond donors (Lipinski definition) is 1. The van der Waals surface area contributed by atoms with Crippen molar-refractivity contribution in [2.75, 3.05) is 17.3 Å². The molecule has 0 radical (unpaired) electrons. The topological polar surface area (TPSA) is 58.6 Å². The van der Waals surface area contributed by atoms with Gasteiger partial charge in [0.05, 0.1) is 0 Å². The van der Waals surface area contributed by atoms with Crippen molar-refractivity contribution < 1.29 is 14.3 Å². The van der Waals surface area contributed by atoms with E-state index >= 15 is 0 Å². The number of hydrogen-bond acceptors (Lipinski definition) is 3. The van der Waals surface area contributed by atoms with Crippen molar-refractivity contribution in [3.63, 3.8) is 0 Å². The fourth-order valence-electron chi connectivity index (χ4n) is 4.00. The van der Waals surface area contributed by atoms with Gasteiger partial charge < -0.3 is 10.1 Å². The van der Waals surface area contributed by atoms with E-state index < -0.39 is 6.09 Å². The van der Waals surface area contributed by atoms with E-state index in [0.717, 1.165) is 31.4 Å². The Morgan fingerprint density at radius 1 is 0.933 bits per heavy atom. The molecule has 5 heteroatoms. The molecule has 0 unspecified atom stereocenters. The number of amides is 2. The van der Waals surface area contributed by atoms with Crippen molar-refractivity contribution in [2.24, 2.45) is 17.3 Å². The van der Waals surface area contributed by atoms with E-state index in [1.807, 2.05) is 30.3 Å². The summed E-state index contributed by atoms with van der Waals surface area (Å²) in [6.45, 7) is 6.85. The van der Waals surface area contributed by atoms with Gasteiger partial charge in [-0.15, -0.1) is 0 Å². The third-order valence-corrected chi connectivity index (χ3v) is 6.07. The molecular weight excluding hydrogens is 376 g/mol. The van der Waals surface area contributed by atoms with Gasteiger partial charge in [-0.05, 0) is 73.4 Å². The molecule has 1 N–H and O–H groups in total. The SMILES string of the molecule is CN(C(=O)Oc1ccc(NC(=O)[C@H]2CC[C@@H](C(C)(C)C)CC2)cc1)c1ccccc1. The van der Waals surface area contributed by atoms with Gasteiger partial charge in [-0.25, -0.2) is 4.79 Å². The van der Waals surface area contributed by atoms with Crippen LogP contribution in [0.1, 0.15) is 46.5 Å². The molecule has 2 aromatic carbocycles. The molecule has 0 aliphatic heterocycles. The normalized spacial score (nSPS) is 19.1. The zero-order valence-corrected chi connectivity index (χ0v) is 18.4. The second-order valence-corrected chi connectivity index (χ2v) is 9.19. The Morgan fingerprint density at radius 3 is 2.10 bits per heavy atom. The highest BCUT2D eigenvalue weighted by Gasteiger charge is 2.32. The maximum Gasteiger partial charge on any atom is 0.419 e. The second-order valence-electron chi connectivity index (χ2n) is 9.19. The molecule has 1 aliphatic rings. The number of carbonyl (C=O) groups excluding carboxylic acids is 2. The van der Waals surface area contributed by atoms with Gasteiger partial charge in [0.1, 0.15) is 5.75 Å². The summed E-state index contributed by atoms with van der Waals surface area (Å²) in [4.78, 5) is 26.4. The van der Waals surface area contributed by atoms with Gasteiger partial charge in [0.15, 0.2) is 0 Å². The molecule has 2 aromatic rings. The predicted molar refractivity (Wildman–Crippen MR) is 121 cm³/mol. The molecule has 160 valence electrons. The van der Waals surface area contributed by atoms with Crippen LogP contribution in [0.2, 0.25) is 0 Å². The predicted octanol–water partition coefficient (Wildman–Crippen LogP) is 6.11. The maximum atomic E-state index is 12.6.